The zero-order valence-corrected chi connectivity index (χ0v) is 13.8. The molecule has 0 aliphatic heterocycles. The Hall–Kier alpha value is -0.850. The topological polar surface area (TPSA) is 62.3 Å². The summed E-state index contributed by atoms with van der Waals surface area (Å²) in [5, 5.41) is 3.38. The Labute approximate surface area is 126 Å². The number of nitrogens with zero attached hydrogens (tertiary/aromatic N) is 2. The van der Waals surface area contributed by atoms with Gasteiger partial charge in [0, 0.05) is 25.8 Å². The molecule has 0 aromatic carbocycles. The second-order valence-corrected chi connectivity index (χ2v) is 6.77. The van der Waals surface area contributed by atoms with E-state index >= 15 is 0 Å². The van der Waals surface area contributed by atoms with Gasteiger partial charge in [-0.25, -0.2) is 13.4 Å². The van der Waals surface area contributed by atoms with Crippen molar-refractivity contribution in [2.75, 3.05) is 25.0 Å². The molecule has 0 bridgehead atoms. The van der Waals surface area contributed by atoms with Crippen molar-refractivity contribution in [3.05, 3.63) is 17.3 Å². The first-order chi connectivity index (χ1) is 9.47. The lowest BCUT2D eigenvalue weighted by atomic mass is 10.4. The number of hydrogen-bond donors (Lipinski definition) is 1. The molecular formula is C13H22ClN3O2S. The zero-order valence-electron chi connectivity index (χ0n) is 12.2. The molecule has 0 spiro atoms. The summed E-state index contributed by atoms with van der Waals surface area (Å²) in [6.07, 6.45) is 3.07. The number of anilines is 1. The summed E-state index contributed by atoms with van der Waals surface area (Å²) in [6, 6.07) is 1.46. The lowest BCUT2D eigenvalue weighted by molar-refractivity contribution is 0.427. The fourth-order valence-electron chi connectivity index (χ4n) is 1.78. The van der Waals surface area contributed by atoms with E-state index in [-0.39, 0.29) is 4.90 Å². The summed E-state index contributed by atoms with van der Waals surface area (Å²) in [5.41, 5.74) is 0. The molecule has 0 amide bonds. The second kappa shape index (κ2) is 7.81. The molecule has 1 rings (SSSR count). The van der Waals surface area contributed by atoms with Crippen LogP contribution in [0.4, 0.5) is 5.82 Å². The predicted molar refractivity (Wildman–Crippen MR) is 82.8 cm³/mol. The third kappa shape index (κ3) is 4.07. The van der Waals surface area contributed by atoms with E-state index in [2.05, 4.69) is 10.3 Å². The Kier molecular flexibility index (Phi) is 6.71. The molecule has 0 aliphatic carbocycles. The Morgan fingerprint density at radius 3 is 2.50 bits per heavy atom. The fraction of sp³-hybridized carbons (Fsp3) is 0.615. The molecule has 0 saturated carbocycles. The number of aromatic nitrogens is 1. The van der Waals surface area contributed by atoms with Gasteiger partial charge in [0.1, 0.15) is 10.7 Å². The summed E-state index contributed by atoms with van der Waals surface area (Å²) in [7, 11) is -3.51. The highest BCUT2D eigenvalue weighted by molar-refractivity contribution is 7.89. The van der Waals surface area contributed by atoms with Crippen molar-refractivity contribution < 1.29 is 8.42 Å². The Bertz CT molecular complexity index is 534. The van der Waals surface area contributed by atoms with Gasteiger partial charge in [-0.05, 0) is 18.9 Å². The van der Waals surface area contributed by atoms with E-state index in [1.54, 1.807) is 0 Å². The minimum atomic E-state index is -3.51. The maximum absolute atomic E-state index is 12.4. The molecule has 20 heavy (non-hydrogen) atoms. The number of halogens is 1. The van der Waals surface area contributed by atoms with Crippen molar-refractivity contribution in [3.63, 3.8) is 0 Å². The second-order valence-electron chi connectivity index (χ2n) is 4.42. The predicted octanol–water partition coefficient (Wildman–Crippen LogP) is 2.98. The Morgan fingerprint density at radius 2 is 2.00 bits per heavy atom. The van der Waals surface area contributed by atoms with Crippen molar-refractivity contribution >= 4 is 27.4 Å². The van der Waals surface area contributed by atoms with Crippen LogP contribution in [-0.4, -0.2) is 37.3 Å². The van der Waals surface area contributed by atoms with E-state index in [4.69, 9.17) is 11.6 Å². The molecule has 0 unspecified atom stereocenters. The van der Waals surface area contributed by atoms with Gasteiger partial charge in [0.2, 0.25) is 10.0 Å². The van der Waals surface area contributed by atoms with Gasteiger partial charge < -0.3 is 5.32 Å². The average molecular weight is 320 g/mol. The number of nitrogens with one attached hydrogen (secondary N) is 1. The quantitative estimate of drug-likeness (QED) is 0.800. The van der Waals surface area contributed by atoms with Gasteiger partial charge in [0.05, 0.1) is 5.02 Å². The number of hydrogen-bond acceptors (Lipinski definition) is 4. The van der Waals surface area contributed by atoms with E-state index < -0.39 is 10.0 Å². The van der Waals surface area contributed by atoms with Crippen molar-refractivity contribution in [2.24, 2.45) is 0 Å². The van der Waals surface area contributed by atoms with Crippen molar-refractivity contribution in [1.82, 2.24) is 9.29 Å². The average Bonchev–Trinajstić information content (AvgIpc) is 2.43. The standard InChI is InChI=1S/C13H22ClN3O2S/c1-4-7-15-13-12(14)9-11(10-16-13)20(18,19)17(6-3)8-5-2/h9-10H,4-8H2,1-3H3,(H,15,16). The maximum atomic E-state index is 12.4. The van der Waals surface area contributed by atoms with Gasteiger partial charge in [-0.1, -0.05) is 32.4 Å². The first-order valence-electron chi connectivity index (χ1n) is 6.86. The Morgan fingerprint density at radius 1 is 1.30 bits per heavy atom. The number of rotatable bonds is 8. The van der Waals surface area contributed by atoms with Gasteiger partial charge in [-0.15, -0.1) is 0 Å². The maximum Gasteiger partial charge on any atom is 0.244 e. The normalized spacial score (nSPS) is 11.8. The molecule has 0 fully saturated rings. The molecule has 0 atom stereocenters. The highest BCUT2D eigenvalue weighted by Crippen LogP contribution is 2.24. The molecular weight excluding hydrogens is 298 g/mol. The molecule has 7 heteroatoms. The van der Waals surface area contributed by atoms with Crippen LogP contribution >= 0.6 is 11.6 Å². The monoisotopic (exact) mass is 319 g/mol. The van der Waals surface area contributed by atoms with Gasteiger partial charge >= 0.3 is 0 Å². The SMILES string of the molecule is CCCNc1ncc(S(=O)(=O)N(CC)CCC)cc1Cl. The van der Waals surface area contributed by atoms with Crippen LogP contribution in [-0.2, 0) is 10.0 Å². The molecule has 1 aromatic rings. The van der Waals surface area contributed by atoms with Gasteiger partial charge in [-0.2, -0.15) is 4.31 Å². The van der Waals surface area contributed by atoms with E-state index in [0.717, 1.165) is 19.4 Å². The number of pyridine rings is 1. The van der Waals surface area contributed by atoms with Crippen molar-refractivity contribution in [1.29, 1.82) is 0 Å². The van der Waals surface area contributed by atoms with E-state index in [9.17, 15) is 8.42 Å². The molecule has 5 nitrogen and oxygen atoms in total. The van der Waals surface area contributed by atoms with Crippen molar-refractivity contribution in [3.8, 4) is 0 Å². The fourth-order valence-corrected chi connectivity index (χ4v) is 3.59. The highest BCUT2D eigenvalue weighted by Gasteiger charge is 2.23. The largest absolute Gasteiger partial charge is 0.369 e. The molecule has 1 heterocycles. The summed E-state index contributed by atoms with van der Waals surface area (Å²) in [5.74, 6) is 0.519. The molecule has 1 aromatic heterocycles. The first-order valence-corrected chi connectivity index (χ1v) is 8.68. The van der Waals surface area contributed by atoms with Gasteiger partial charge in [0.15, 0.2) is 0 Å². The first kappa shape index (κ1) is 17.2. The highest BCUT2D eigenvalue weighted by atomic mass is 35.5. The van der Waals surface area contributed by atoms with E-state index in [1.165, 1.54) is 16.6 Å². The zero-order chi connectivity index (χ0) is 15.2. The van der Waals surface area contributed by atoms with Gasteiger partial charge in [0.25, 0.3) is 0 Å². The lowest BCUT2D eigenvalue weighted by Crippen LogP contribution is -2.31. The Balaban J connectivity index is 3.04. The van der Waals surface area contributed by atoms with Crippen LogP contribution in [0.25, 0.3) is 0 Å². The molecule has 0 aliphatic rings. The van der Waals surface area contributed by atoms with Crippen LogP contribution in [0.5, 0.6) is 0 Å². The molecule has 0 saturated heterocycles. The third-order valence-electron chi connectivity index (χ3n) is 2.82. The van der Waals surface area contributed by atoms with Crippen LogP contribution < -0.4 is 5.32 Å². The molecule has 1 N–H and O–H groups in total. The van der Waals surface area contributed by atoms with Gasteiger partial charge in [-0.3, -0.25) is 0 Å². The van der Waals surface area contributed by atoms with E-state index in [0.29, 0.717) is 23.9 Å². The van der Waals surface area contributed by atoms with Crippen molar-refractivity contribution in [2.45, 2.75) is 38.5 Å². The lowest BCUT2D eigenvalue weighted by Gasteiger charge is -2.20. The summed E-state index contributed by atoms with van der Waals surface area (Å²) in [4.78, 5) is 4.25. The summed E-state index contributed by atoms with van der Waals surface area (Å²) >= 11 is 6.09. The smallest absolute Gasteiger partial charge is 0.244 e. The minimum Gasteiger partial charge on any atom is -0.369 e. The summed E-state index contributed by atoms with van der Waals surface area (Å²) in [6.45, 7) is 7.47. The van der Waals surface area contributed by atoms with Crippen LogP contribution in [0, 0.1) is 0 Å². The van der Waals surface area contributed by atoms with Crippen LogP contribution in [0.15, 0.2) is 17.2 Å². The molecule has 0 radical (unpaired) electrons. The number of sulfonamides is 1. The van der Waals surface area contributed by atoms with Crippen LogP contribution in [0.1, 0.15) is 33.6 Å². The van der Waals surface area contributed by atoms with Crippen LogP contribution in [0.3, 0.4) is 0 Å². The van der Waals surface area contributed by atoms with Crippen LogP contribution in [0.2, 0.25) is 5.02 Å². The minimum absolute atomic E-state index is 0.139. The molecule has 114 valence electrons. The third-order valence-corrected chi connectivity index (χ3v) is 5.05. The van der Waals surface area contributed by atoms with E-state index in [1.807, 2.05) is 20.8 Å². The summed E-state index contributed by atoms with van der Waals surface area (Å²) < 4.78 is 26.3.